The van der Waals surface area contributed by atoms with Gasteiger partial charge >= 0.3 is 0 Å². The van der Waals surface area contributed by atoms with Crippen molar-refractivity contribution < 1.29 is 9.72 Å². The number of carbonyl (C=O) groups is 1. The summed E-state index contributed by atoms with van der Waals surface area (Å²) in [6.07, 6.45) is 0. The van der Waals surface area contributed by atoms with Crippen LogP contribution in [0.3, 0.4) is 0 Å². The van der Waals surface area contributed by atoms with Crippen LogP contribution < -0.4 is 5.32 Å². The number of para-hydroxylation sites is 1. The van der Waals surface area contributed by atoms with E-state index in [1.807, 2.05) is 41.8 Å². The highest BCUT2D eigenvalue weighted by Gasteiger charge is 2.22. The minimum Gasteiger partial charge on any atom is -0.320 e. The second-order valence-corrected chi connectivity index (χ2v) is 10.3. The number of benzene rings is 3. The Morgan fingerprint density at radius 1 is 1.08 bits per heavy atom. The number of aromatic nitrogens is 3. The summed E-state index contributed by atoms with van der Waals surface area (Å²) >= 11 is 7.31. The van der Waals surface area contributed by atoms with Crippen molar-refractivity contribution in [3.8, 4) is 17.1 Å². The lowest BCUT2D eigenvalue weighted by molar-refractivity contribution is -0.384. The molecule has 1 amide bonds. The molecule has 0 unspecified atom stereocenters. The number of anilines is 1. The van der Waals surface area contributed by atoms with Gasteiger partial charge < -0.3 is 5.32 Å². The maximum Gasteiger partial charge on any atom is 0.293 e. The first-order valence-electron chi connectivity index (χ1n) is 11.6. The maximum absolute atomic E-state index is 12.9. The lowest BCUT2D eigenvalue weighted by atomic mass is 10.0. The van der Waals surface area contributed by atoms with E-state index in [1.54, 1.807) is 25.1 Å². The van der Waals surface area contributed by atoms with Gasteiger partial charge in [-0.15, -0.1) is 10.2 Å². The van der Waals surface area contributed by atoms with Crippen LogP contribution >= 0.6 is 23.4 Å². The van der Waals surface area contributed by atoms with Gasteiger partial charge in [0, 0.05) is 16.7 Å². The second-order valence-electron chi connectivity index (χ2n) is 8.91. The average Bonchev–Trinajstić information content (AvgIpc) is 3.28. The molecule has 8 nitrogen and oxygen atoms in total. The summed E-state index contributed by atoms with van der Waals surface area (Å²) in [6.45, 7) is 7.87. The second kappa shape index (κ2) is 11.1. The minimum atomic E-state index is -0.493. The molecule has 0 aliphatic heterocycles. The molecule has 10 heteroatoms. The predicted molar refractivity (Wildman–Crippen MR) is 148 cm³/mol. The lowest BCUT2D eigenvalue weighted by Crippen LogP contribution is -2.16. The molecule has 3 aromatic carbocycles. The monoisotopic (exact) mass is 535 g/mol. The quantitative estimate of drug-likeness (QED) is 0.148. The van der Waals surface area contributed by atoms with Crippen LogP contribution in [0.25, 0.3) is 17.1 Å². The van der Waals surface area contributed by atoms with Gasteiger partial charge in [-0.25, -0.2) is 0 Å². The number of nitro groups is 1. The molecule has 0 aliphatic carbocycles. The van der Waals surface area contributed by atoms with E-state index in [0.717, 1.165) is 27.9 Å². The van der Waals surface area contributed by atoms with Crippen molar-refractivity contribution >= 4 is 40.6 Å². The third-order valence-corrected chi connectivity index (χ3v) is 7.13. The van der Waals surface area contributed by atoms with E-state index in [4.69, 9.17) is 11.6 Å². The van der Waals surface area contributed by atoms with Gasteiger partial charge in [-0.05, 0) is 72.9 Å². The fraction of sp³-hybridized carbons (Fsp3) is 0.222. The molecular weight excluding hydrogens is 510 g/mol. The first-order valence-corrected chi connectivity index (χ1v) is 13.0. The topological polar surface area (TPSA) is 103 Å². The normalized spacial score (nSPS) is 11.1. The van der Waals surface area contributed by atoms with E-state index in [1.165, 1.54) is 17.8 Å². The smallest absolute Gasteiger partial charge is 0.293 e. The Bertz CT molecular complexity index is 1470. The Hall–Kier alpha value is -3.69. The van der Waals surface area contributed by atoms with Gasteiger partial charge in [0.2, 0.25) is 5.91 Å². The fourth-order valence-electron chi connectivity index (χ4n) is 3.91. The molecule has 4 aromatic rings. The Labute approximate surface area is 224 Å². The number of thioether (sulfide) groups is 1. The Balaban J connectivity index is 1.67. The lowest BCUT2D eigenvalue weighted by Gasteiger charge is -2.17. The van der Waals surface area contributed by atoms with Crippen molar-refractivity contribution in [1.29, 1.82) is 0 Å². The van der Waals surface area contributed by atoms with Gasteiger partial charge in [-0.1, -0.05) is 55.4 Å². The van der Waals surface area contributed by atoms with Crippen molar-refractivity contribution in [1.82, 2.24) is 14.8 Å². The number of nitrogens with one attached hydrogen (secondary N) is 1. The number of amides is 1. The molecule has 4 rings (SSSR count). The summed E-state index contributed by atoms with van der Waals surface area (Å²) < 4.78 is 1.94. The highest BCUT2D eigenvalue weighted by atomic mass is 35.5. The van der Waals surface area contributed by atoms with Crippen molar-refractivity contribution in [2.75, 3.05) is 11.1 Å². The van der Waals surface area contributed by atoms with Crippen molar-refractivity contribution in [2.45, 2.75) is 38.8 Å². The zero-order valence-corrected chi connectivity index (χ0v) is 22.4. The van der Waals surface area contributed by atoms with E-state index >= 15 is 0 Å². The zero-order chi connectivity index (χ0) is 26.7. The number of carbonyl (C=O) groups excluding carboxylic acids is 1. The van der Waals surface area contributed by atoms with E-state index in [0.29, 0.717) is 16.0 Å². The molecule has 1 heterocycles. The standard InChI is InChI=1S/C27H26ClN5O3S/c1-16(2)21-7-5-6-8-23(21)32-26(19-9-11-20(28)12-10-19)30-31-27(32)37-15-25(34)29-22-13-17(3)18(4)14-24(22)33(35)36/h5-14,16H,15H2,1-4H3,(H,29,34). The molecule has 0 aliphatic rings. The van der Waals surface area contributed by atoms with Crippen LogP contribution in [0, 0.1) is 24.0 Å². The summed E-state index contributed by atoms with van der Waals surface area (Å²) in [4.78, 5) is 23.9. The number of nitrogens with zero attached hydrogens (tertiary/aromatic N) is 4. The van der Waals surface area contributed by atoms with Crippen LogP contribution in [-0.2, 0) is 4.79 Å². The molecule has 0 spiro atoms. The van der Waals surface area contributed by atoms with Crippen molar-refractivity contribution in [3.05, 3.63) is 92.5 Å². The molecule has 0 bridgehead atoms. The summed E-state index contributed by atoms with van der Waals surface area (Å²) in [5.41, 5.74) is 4.52. The first-order chi connectivity index (χ1) is 17.7. The van der Waals surface area contributed by atoms with Gasteiger partial charge in [0.1, 0.15) is 5.69 Å². The third kappa shape index (κ3) is 5.84. The van der Waals surface area contributed by atoms with Crippen LogP contribution in [-0.4, -0.2) is 31.3 Å². The van der Waals surface area contributed by atoms with Gasteiger partial charge in [-0.3, -0.25) is 19.5 Å². The largest absolute Gasteiger partial charge is 0.320 e. The van der Waals surface area contributed by atoms with Crippen LogP contribution in [0.2, 0.25) is 5.02 Å². The first kappa shape index (κ1) is 26.4. The van der Waals surface area contributed by atoms with E-state index in [9.17, 15) is 14.9 Å². The SMILES string of the molecule is Cc1cc(NC(=O)CSc2nnc(-c3ccc(Cl)cc3)n2-c2ccccc2C(C)C)c([N+](=O)[O-])cc1C. The van der Waals surface area contributed by atoms with Crippen molar-refractivity contribution in [2.24, 2.45) is 0 Å². The number of hydrogen-bond acceptors (Lipinski definition) is 6. The molecule has 0 atom stereocenters. The molecular formula is C27H26ClN5O3S. The molecule has 1 aromatic heterocycles. The van der Waals surface area contributed by atoms with E-state index in [-0.39, 0.29) is 29.0 Å². The van der Waals surface area contributed by atoms with E-state index in [2.05, 4.69) is 35.4 Å². The summed E-state index contributed by atoms with van der Waals surface area (Å²) in [5, 5.41) is 24.2. The summed E-state index contributed by atoms with van der Waals surface area (Å²) in [5.74, 6) is 0.476. The fourth-order valence-corrected chi connectivity index (χ4v) is 4.79. The zero-order valence-electron chi connectivity index (χ0n) is 20.9. The van der Waals surface area contributed by atoms with Crippen LogP contribution in [0.1, 0.15) is 36.5 Å². The van der Waals surface area contributed by atoms with Crippen LogP contribution in [0.15, 0.2) is 65.8 Å². The Morgan fingerprint density at radius 2 is 1.76 bits per heavy atom. The molecule has 1 N–H and O–H groups in total. The van der Waals surface area contributed by atoms with Crippen molar-refractivity contribution in [3.63, 3.8) is 0 Å². The highest BCUT2D eigenvalue weighted by Crippen LogP contribution is 2.33. The van der Waals surface area contributed by atoms with Crippen LogP contribution in [0.4, 0.5) is 11.4 Å². The number of halogens is 1. The maximum atomic E-state index is 12.9. The molecule has 0 fully saturated rings. The van der Waals surface area contributed by atoms with Crippen LogP contribution in [0.5, 0.6) is 0 Å². The van der Waals surface area contributed by atoms with Gasteiger partial charge in [0.05, 0.1) is 16.4 Å². The third-order valence-electron chi connectivity index (χ3n) is 5.95. The highest BCUT2D eigenvalue weighted by molar-refractivity contribution is 7.99. The molecule has 0 saturated heterocycles. The average molecular weight is 536 g/mol. The molecule has 37 heavy (non-hydrogen) atoms. The number of nitro benzene ring substituents is 1. The Morgan fingerprint density at radius 3 is 2.43 bits per heavy atom. The van der Waals surface area contributed by atoms with Gasteiger partial charge in [0.15, 0.2) is 11.0 Å². The number of aryl methyl sites for hydroxylation is 2. The number of rotatable bonds is 8. The predicted octanol–water partition coefficient (Wildman–Crippen LogP) is 6.97. The molecule has 0 radical (unpaired) electrons. The summed E-state index contributed by atoms with van der Waals surface area (Å²) in [6, 6.07) is 18.4. The minimum absolute atomic E-state index is 0.00727. The van der Waals surface area contributed by atoms with Gasteiger partial charge in [0.25, 0.3) is 5.69 Å². The van der Waals surface area contributed by atoms with Gasteiger partial charge in [-0.2, -0.15) is 0 Å². The molecule has 0 saturated carbocycles. The molecule has 190 valence electrons. The van der Waals surface area contributed by atoms with E-state index < -0.39 is 4.92 Å². The summed E-state index contributed by atoms with van der Waals surface area (Å²) in [7, 11) is 0. The number of hydrogen-bond donors (Lipinski definition) is 1. The Kier molecular flexibility index (Phi) is 7.94.